The first-order chi connectivity index (χ1) is 25.2. The lowest BCUT2D eigenvalue weighted by molar-refractivity contribution is -0.130. The monoisotopic (exact) mass is 745 g/mol. The van der Waals surface area contributed by atoms with Crippen LogP contribution in [0.1, 0.15) is 50.8 Å². The van der Waals surface area contributed by atoms with Gasteiger partial charge in [0.25, 0.3) is 0 Å². The fourth-order valence-corrected chi connectivity index (χ4v) is 7.57. The maximum Gasteiger partial charge on any atom is 0.219 e. The molecular weight excluding hydrogens is 701 g/mol. The SMILES string of the molecule is COc1cc(-c2nccc(-c3cccc(-c4ccc(CNC5CCN(C(C)=O)CC5)c(OC)n4)c3Cl)c2Cl)cnc1CNC1CCN(C(C)=O)CC1. The molecule has 2 aliphatic rings. The molecule has 0 spiro atoms. The molecule has 52 heavy (non-hydrogen) atoms. The van der Waals surface area contributed by atoms with Gasteiger partial charge in [0.05, 0.1) is 41.3 Å². The molecule has 0 saturated carbocycles. The van der Waals surface area contributed by atoms with E-state index < -0.39 is 0 Å². The van der Waals surface area contributed by atoms with Crippen LogP contribution in [0.4, 0.5) is 0 Å². The Morgan fingerprint density at radius 1 is 0.788 bits per heavy atom. The number of carbonyl (C=O) groups excluding carboxylic acids is 2. The molecule has 2 amide bonds. The Bertz CT molecular complexity index is 1770. The molecule has 5 heterocycles. The molecule has 3 aromatic heterocycles. The largest absolute Gasteiger partial charge is 0.495 e. The summed E-state index contributed by atoms with van der Waals surface area (Å²) >= 11 is 14.2. The molecular formula is C39H45Cl2N7O4. The van der Waals surface area contributed by atoms with Crippen molar-refractivity contribution in [2.24, 2.45) is 0 Å². The van der Waals surface area contributed by atoms with E-state index in [9.17, 15) is 9.59 Å². The zero-order chi connectivity index (χ0) is 36.8. The van der Waals surface area contributed by atoms with Gasteiger partial charge in [-0.3, -0.25) is 19.6 Å². The molecule has 0 aliphatic carbocycles. The molecule has 0 unspecified atom stereocenters. The van der Waals surface area contributed by atoms with Gasteiger partial charge in [0.15, 0.2) is 0 Å². The van der Waals surface area contributed by atoms with Crippen LogP contribution in [0.5, 0.6) is 11.6 Å². The molecule has 2 fully saturated rings. The van der Waals surface area contributed by atoms with E-state index in [4.69, 9.17) is 42.6 Å². The Hall–Kier alpha value is -4.29. The molecule has 0 bridgehead atoms. The van der Waals surface area contributed by atoms with Crippen LogP contribution in [0.15, 0.2) is 54.9 Å². The summed E-state index contributed by atoms with van der Waals surface area (Å²) in [6.07, 6.45) is 7.08. The maximum atomic E-state index is 11.7. The maximum absolute atomic E-state index is 11.7. The average molecular weight is 747 g/mol. The summed E-state index contributed by atoms with van der Waals surface area (Å²) in [4.78, 5) is 41.3. The van der Waals surface area contributed by atoms with E-state index in [0.29, 0.717) is 58.2 Å². The Balaban J connectivity index is 1.18. The second-order valence-corrected chi connectivity index (χ2v) is 14.0. The smallest absolute Gasteiger partial charge is 0.219 e. The summed E-state index contributed by atoms with van der Waals surface area (Å²) in [6.45, 7) is 7.41. The van der Waals surface area contributed by atoms with E-state index in [2.05, 4.69) is 15.6 Å². The molecule has 2 aliphatic heterocycles. The zero-order valence-electron chi connectivity index (χ0n) is 30.0. The average Bonchev–Trinajstić information content (AvgIpc) is 3.17. The number of nitrogens with zero attached hydrogens (tertiary/aromatic N) is 5. The Kier molecular flexibility index (Phi) is 12.3. The van der Waals surface area contributed by atoms with Crippen LogP contribution in [-0.2, 0) is 22.7 Å². The number of hydrogen-bond donors (Lipinski definition) is 2. The predicted molar refractivity (Wildman–Crippen MR) is 203 cm³/mol. The van der Waals surface area contributed by atoms with Crippen molar-refractivity contribution in [2.45, 2.75) is 64.7 Å². The first-order valence-corrected chi connectivity index (χ1v) is 18.4. The number of methoxy groups -OCH3 is 2. The number of piperidine rings is 2. The molecule has 274 valence electrons. The van der Waals surface area contributed by atoms with Gasteiger partial charge in [0.1, 0.15) is 5.75 Å². The van der Waals surface area contributed by atoms with Crippen LogP contribution in [0.25, 0.3) is 33.6 Å². The normalized spacial score (nSPS) is 15.5. The number of ether oxygens (including phenoxy) is 2. The highest BCUT2D eigenvalue weighted by Crippen LogP contribution is 2.42. The number of likely N-dealkylation sites (tertiary alicyclic amines) is 2. The minimum absolute atomic E-state index is 0.121. The van der Waals surface area contributed by atoms with Crippen molar-refractivity contribution in [1.82, 2.24) is 35.4 Å². The van der Waals surface area contributed by atoms with E-state index >= 15 is 0 Å². The van der Waals surface area contributed by atoms with Crippen molar-refractivity contribution in [3.63, 3.8) is 0 Å². The van der Waals surface area contributed by atoms with Gasteiger partial charge in [-0.15, -0.1) is 0 Å². The van der Waals surface area contributed by atoms with Gasteiger partial charge in [0.2, 0.25) is 17.7 Å². The lowest BCUT2D eigenvalue weighted by atomic mass is 9.99. The number of nitrogens with one attached hydrogen (secondary N) is 2. The number of rotatable bonds is 11. The highest BCUT2D eigenvalue weighted by atomic mass is 35.5. The lowest BCUT2D eigenvalue weighted by Gasteiger charge is -2.31. The molecule has 2 N–H and O–H groups in total. The number of carbonyl (C=O) groups is 2. The van der Waals surface area contributed by atoms with Crippen LogP contribution in [0, 0.1) is 0 Å². The van der Waals surface area contributed by atoms with E-state index in [1.807, 2.05) is 52.3 Å². The summed E-state index contributed by atoms with van der Waals surface area (Å²) in [5.41, 5.74) is 5.89. The van der Waals surface area contributed by atoms with Crippen molar-refractivity contribution in [2.75, 3.05) is 40.4 Å². The van der Waals surface area contributed by atoms with Gasteiger partial charge >= 0.3 is 0 Å². The number of hydrogen-bond acceptors (Lipinski definition) is 9. The minimum atomic E-state index is 0.121. The summed E-state index contributed by atoms with van der Waals surface area (Å²) < 4.78 is 11.4. The highest BCUT2D eigenvalue weighted by Gasteiger charge is 2.23. The molecule has 4 aromatic rings. The van der Waals surface area contributed by atoms with Crippen molar-refractivity contribution >= 4 is 35.0 Å². The van der Waals surface area contributed by atoms with Crippen molar-refractivity contribution in [1.29, 1.82) is 0 Å². The number of aromatic nitrogens is 3. The van der Waals surface area contributed by atoms with Gasteiger partial charge in [-0.05, 0) is 43.9 Å². The highest BCUT2D eigenvalue weighted by molar-refractivity contribution is 6.39. The number of benzene rings is 1. The van der Waals surface area contributed by atoms with Gasteiger partial charge in [-0.25, -0.2) is 4.98 Å². The first kappa shape index (κ1) is 37.5. The number of pyridine rings is 3. The summed E-state index contributed by atoms with van der Waals surface area (Å²) in [7, 11) is 3.24. The van der Waals surface area contributed by atoms with Crippen LogP contribution in [0.2, 0.25) is 10.0 Å². The molecule has 13 heteroatoms. The van der Waals surface area contributed by atoms with Crippen LogP contribution >= 0.6 is 23.2 Å². The zero-order valence-corrected chi connectivity index (χ0v) is 31.6. The van der Waals surface area contributed by atoms with Gasteiger partial charge in [0, 0.05) is 105 Å². The number of halogens is 2. The summed E-state index contributed by atoms with van der Waals surface area (Å²) in [5, 5.41) is 8.12. The third-order valence-electron chi connectivity index (χ3n) is 10.0. The molecule has 11 nitrogen and oxygen atoms in total. The Morgan fingerprint density at radius 3 is 2.02 bits per heavy atom. The molecule has 1 aromatic carbocycles. The van der Waals surface area contributed by atoms with Crippen LogP contribution < -0.4 is 20.1 Å². The van der Waals surface area contributed by atoms with E-state index in [0.717, 1.165) is 85.4 Å². The molecule has 6 rings (SSSR count). The quantitative estimate of drug-likeness (QED) is 0.180. The van der Waals surface area contributed by atoms with Crippen LogP contribution in [-0.4, -0.2) is 89.0 Å². The van der Waals surface area contributed by atoms with Crippen LogP contribution in [0.3, 0.4) is 0 Å². The first-order valence-electron chi connectivity index (χ1n) is 17.7. The summed E-state index contributed by atoms with van der Waals surface area (Å²) in [6, 6.07) is 14.1. The van der Waals surface area contributed by atoms with Crippen molar-refractivity contribution in [3.05, 3.63) is 76.2 Å². The van der Waals surface area contributed by atoms with Gasteiger partial charge < -0.3 is 29.9 Å². The van der Waals surface area contributed by atoms with E-state index in [-0.39, 0.29) is 11.8 Å². The molecule has 0 atom stereocenters. The van der Waals surface area contributed by atoms with E-state index in [1.54, 1.807) is 40.5 Å². The standard InChI is InChI=1S/C39H45Cl2N7O4/c1-24(49)47-16-11-28(12-17-47)43-21-26-8-9-33(46-39(26)52-4)32-7-5-6-30(36(32)40)31-10-15-42-38(37(31)41)27-20-35(51-3)34(45-22-27)23-44-29-13-18-48(19-14-29)25(2)50/h5-10,15,20,22,28-29,43-44H,11-14,16-19,21,23H2,1-4H3. The Morgan fingerprint density at radius 2 is 1.40 bits per heavy atom. The lowest BCUT2D eigenvalue weighted by Crippen LogP contribution is -2.44. The third-order valence-corrected chi connectivity index (χ3v) is 10.8. The number of amides is 2. The molecule has 0 radical (unpaired) electrons. The summed E-state index contributed by atoms with van der Waals surface area (Å²) in [5.74, 6) is 1.40. The van der Waals surface area contributed by atoms with Gasteiger partial charge in [-0.1, -0.05) is 47.5 Å². The fourth-order valence-electron chi connectivity index (χ4n) is 6.93. The molecule has 2 saturated heterocycles. The van der Waals surface area contributed by atoms with Crippen molar-refractivity contribution in [3.8, 4) is 45.3 Å². The fraction of sp³-hybridized carbons (Fsp3) is 0.410. The predicted octanol–water partition coefficient (Wildman–Crippen LogP) is 6.40. The third kappa shape index (κ3) is 8.50. The second kappa shape index (κ2) is 17.0. The Labute approximate surface area is 315 Å². The second-order valence-electron chi connectivity index (χ2n) is 13.2. The topological polar surface area (TPSA) is 122 Å². The minimum Gasteiger partial charge on any atom is -0.495 e. The van der Waals surface area contributed by atoms with Gasteiger partial charge in [-0.2, -0.15) is 0 Å². The van der Waals surface area contributed by atoms with E-state index in [1.165, 1.54) is 0 Å². The van der Waals surface area contributed by atoms with Crippen molar-refractivity contribution < 1.29 is 19.1 Å².